The van der Waals surface area contributed by atoms with Crippen molar-refractivity contribution >= 4 is 5.84 Å². The average molecular weight is 386 g/mol. The fourth-order valence-electron chi connectivity index (χ4n) is 3.31. The van der Waals surface area contributed by atoms with Gasteiger partial charge in [-0.2, -0.15) is 13.2 Å². The summed E-state index contributed by atoms with van der Waals surface area (Å²) in [5, 5.41) is 10.0. The zero-order valence-corrected chi connectivity index (χ0v) is 16.3. The Balaban J connectivity index is 2.10. The van der Waals surface area contributed by atoms with Crippen molar-refractivity contribution < 1.29 is 17.9 Å². The van der Waals surface area contributed by atoms with E-state index in [9.17, 15) is 13.2 Å². The molecule has 0 aromatic carbocycles. The molecule has 0 radical (unpaired) electrons. The largest absolute Gasteiger partial charge is 0.413 e. The van der Waals surface area contributed by atoms with E-state index < -0.39 is 17.4 Å². The van der Waals surface area contributed by atoms with Crippen LogP contribution in [-0.2, 0) is 4.74 Å². The number of aliphatic imine (C=N–C) groups is 1. The summed E-state index contributed by atoms with van der Waals surface area (Å²) >= 11 is 0. The number of hydrogen-bond acceptors (Lipinski definition) is 4. The van der Waals surface area contributed by atoms with E-state index in [0.29, 0.717) is 18.3 Å². The van der Waals surface area contributed by atoms with E-state index in [-0.39, 0.29) is 0 Å². The predicted octanol–water partition coefficient (Wildman–Crippen LogP) is 3.38. The predicted molar refractivity (Wildman–Crippen MR) is 101 cm³/mol. The Morgan fingerprint density at radius 1 is 1.30 bits per heavy atom. The first-order valence-electron chi connectivity index (χ1n) is 9.23. The number of nitrogens with zero attached hydrogens (tertiary/aromatic N) is 1. The number of ether oxygens (including phenoxy) is 1. The highest BCUT2D eigenvalue weighted by Gasteiger charge is 2.41. The van der Waals surface area contributed by atoms with Gasteiger partial charge in [-0.15, -0.1) is 0 Å². The van der Waals surface area contributed by atoms with Gasteiger partial charge < -0.3 is 20.7 Å². The third kappa shape index (κ3) is 5.13. The molecule has 3 N–H and O–H groups in total. The number of amidine groups is 1. The van der Waals surface area contributed by atoms with Crippen LogP contribution < -0.4 is 16.0 Å². The summed E-state index contributed by atoms with van der Waals surface area (Å²) in [7, 11) is 1.64. The highest BCUT2D eigenvalue weighted by atomic mass is 19.4. The lowest BCUT2D eigenvalue weighted by Gasteiger charge is -2.37. The number of allylic oxidation sites excluding steroid dienone is 3. The van der Waals surface area contributed by atoms with Gasteiger partial charge in [0.15, 0.2) is 0 Å². The zero-order valence-electron chi connectivity index (χ0n) is 16.3. The molecule has 27 heavy (non-hydrogen) atoms. The van der Waals surface area contributed by atoms with E-state index in [4.69, 9.17) is 4.74 Å². The number of methoxy groups -OCH3 is 1. The molecular formula is C19H29F3N4O. The molecule has 2 aliphatic rings. The molecule has 1 atom stereocenters. The van der Waals surface area contributed by atoms with Crippen molar-refractivity contribution in [2.75, 3.05) is 20.2 Å². The number of nitrogens with one attached hydrogen (secondary N) is 3. The van der Waals surface area contributed by atoms with E-state index in [1.54, 1.807) is 14.0 Å². The van der Waals surface area contributed by atoms with E-state index in [1.807, 2.05) is 19.1 Å². The monoisotopic (exact) mass is 386 g/mol. The Labute approximate surface area is 158 Å². The third-order valence-electron chi connectivity index (χ3n) is 5.05. The lowest BCUT2D eigenvalue weighted by Crippen LogP contribution is -2.48. The van der Waals surface area contributed by atoms with Gasteiger partial charge in [-0.25, -0.2) is 4.99 Å². The topological polar surface area (TPSA) is 57.7 Å². The molecule has 1 aliphatic carbocycles. The number of alkyl halides is 3. The summed E-state index contributed by atoms with van der Waals surface area (Å²) in [6.07, 6.45) is 3.08. The van der Waals surface area contributed by atoms with Crippen LogP contribution in [-0.4, -0.2) is 43.9 Å². The molecule has 0 unspecified atom stereocenters. The first-order chi connectivity index (χ1) is 12.7. The maximum absolute atomic E-state index is 12.6. The average Bonchev–Trinajstić information content (AvgIpc) is 2.97. The molecule has 0 amide bonds. The summed E-state index contributed by atoms with van der Waals surface area (Å²) < 4.78 is 43.7. The molecule has 1 saturated heterocycles. The van der Waals surface area contributed by atoms with Gasteiger partial charge in [-0.05, 0) is 58.4 Å². The Hall–Kier alpha value is -1.80. The first-order valence-corrected chi connectivity index (χ1v) is 9.23. The van der Waals surface area contributed by atoms with Crippen molar-refractivity contribution in [2.45, 2.75) is 57.9 Å². The highest BCUT2D eigenvalue weighted by molar-refractivity contribution is 5.82. The minimum Gasteiger partial charge on any atom is -0.383 e. The maximum atomic E-state index is 12.6. The number of rotatable bonds is 6. The lowest BCUT2D eigenvalue weighted by molar-refractivity contribution is -0.0914. The number of piperidine rings is 1. The van der Waals surface area contributed by atoms with Crippen molar-refractivity contribution in [3.05, 3.63) is 35.3 Å². The van der Waals surface area contributed by atoms with Gasteiger partial charge in [0.25, 0.3) is 0 Å². The van der Waals surface area contributed by atoms with Crippen LogP contribution in [0, 0.1) is 0 Å². The van der Waals surface area contributed by atoms with Crippen molar-refractivity contribution in [3.8, 4) is 0 Å². The molecule has 5 nitrogen and oxygen atoms in total. The number of halogens is 3. The standard InChI is InChI=1S/C19H29F3N4O/c1-5-18(27-4)16(25-14(3)24-12-13(2)19(20,21)22)6-7-17(18)26-15-8-10-23-11-9-15/h6-7,12,15,23,26H,5,8-11H2,1-4H3,(H,24,25)/b13-12+/t18-/m0/s1. The third-order valence-corrected chi connectivity index (χ3v) is 5.05. The number of hydrogen-bond donors (Lipinski definition) is 3. The second-order valence-corrected chi connectivity index (χ2v) is 6.86. The maximum Gasteiger partial charge on any atom is 0.413 e. The second-order valence-electron chi connectivity index (χ2n) is 6.86. The van der Waals surface area contributed by atoms with Crippen LogP contribution in [0.3, 0.4) is 0 Å². The Morgan fingerprint density at radius 2 is 1.93 bits per heavy atom. The van der Waals surface area contributed by atoms with E-state index in [0.717, 1.165) is 50.4 Å². The van der Waals surface area contributed by atoms with Crippen LogP contribution in [0.25, 0.3) is 0 Å². The van der Waals surface area contributed by atoms with Crippen LogP contribution in [0.15, 0.2) is 40.3 Å². The smallest absolute Gasteiger partial charge is 0.383 e. The van der Waals surface area contributed by atoms with Crippen molar-refractivity contribution in [1.82, 2.24) is 16.0 Å². The Bertz CT molecular complexity index is 640. The highest BCUT2D eigenvalue weighted by Crippen LogP contribution is 2.35. The SMILES string of the molecule is CC[C@]1(OC)C(N/C(C)=N/C=C(\C)C(F)(F)F)=CC=C1NC1CCNCC1. The van der Waals surface area contributed by atoms with Gasteiger partial charge in [0, 0.05) is 30.6 Å². The lowest BCUT2D eigenvalue weighted by atomic mass is 9.94. The summed E-state index contributed by atoms with van der Waals surface area (Å²) in [5.41, 5.74) is 0.314. The minimum atomic E-state index is -4.37. The summed E-state index contributed by atoms with van der Waals surface area (Å²) in [5.74, 6) is 0.372. The molecule has 0 aromatic rings. The molecule has 2 rings (SSSR count). The summed E-state index contributed by atoms with van der Waals surface area (Å²) in [4.78, 5) is 3.90. The van der Waals surface area contributed by atoms with Crippen LogP contribution in [0.2, 0.25) is 0 Å². The molecule has 8 heteroatoms. The molecule has 1 heterocycles. The minimum absolute atomic E-state index is 0.372. The van der Waals surface area contributed by atoms with Gasteiger partial charge >= 0.3 is 6.18 Å². The molecule has 152 valence electrons. The summed E-state index contributed by atoms with van der Waals surface area (Å²) in [6, 6.07) is 0.374. The molecular weight excluding hydrogens is 357 g/mol. The normalized spacial score (nSPS) is 25.3. The van der Waals surface area contributed by atoms with Crippen molar-refractivity contribution in [3.63, 3.8) is 0 Å². The Kier molecular flexibility index (Phi) is 7.11. The molecule has 0 aromatic heterocycles. The van der Waals surface area contributed by atoms with Crippen LogP contribution in [0.1, 0.15) is 40.0 Å². The van der Waals surface area contributed by atoms with E-state index >= 15 is 0 Å². The van der Waals surface area contributed by atoms with Crippen molar-refractivity contribution in [1.29, 1.82) is 0 Å². The molecule has 0 bridgehead atoms. The van der Waals surface area contributed by atoms with Gasteiger partial charge in [0.2, 0.25) is 0 Å². The van der Waals surface area contributed by atoms with Crippen LogP contribution >= 0.6 is 0 Å². The fourth-order valence-corrected chi connectivity index (χ4v) is 3.31. The van der Waals surface area contributed by atoms with Crippen LogP contribution in [0.4, 0.5) is 13.2 Å². The van der Waals surface area contributed by atoms with Crippen molar-refractivity contribution in [2.24, 2.45) is 4.99 Å². The van der Waals surface area contributed by atoms with Crippen LogP contribution in [0.5, 0.6) is 0 Å². The Morgan fingerprint density at radius 3 is 2.48 bits per heavy atom. The van der Waals surface area contributed by atoms with Gasteiger partial charge in [0.1, 0.15) is 11.4 Å². The van der Waals surface area contributed by atoms with Gasteiger partial charge in [-0.1, -0.05) is 6.92 Å². The van der Waals surface area contributed by atoms with E-state index in [1.165, 1.54) is 0 Å². The van der Waals surface area contributed by atoms with Gasteiger partial charge in [0.05, 0.1) is 5.70 Å². The molecule has 1 fully saturated rings. The molecule has 0 saturated carbocycles. The molecule has 0 spiro atoms. The molecule has 1 aliphatic heterocycles. The van der Waals surface area contributed by atoms with E-state index in [2.05, 4.69) is 20.9 Å². The van der Waals surface area contributed by atoms with Gasteiger partial charge in [-0.3, -0.25) is 0 Å². The first kappa shape index (κ1) is 21.5. The fraction of sp³-hybridized carbons (Fsp3) is 0.632. The zero-order chi connectivity index (χ0) is 20.1. The quantitative estimate of drug-likeness (QED) is 0.484. The summed E-state index contributed by atoms with van der Waals surface area (Å²) in [6.45, 7) is 6.61. The second kappa shape index (κ2) is 8.93.